The Kier molecular flexibility index (Phi) is 4.14. The van der Waals surface area contributed by atoms with Crippen LogP contribution in [0, 0.1) is 11.8 Å². The molecule has 0 aromatic rings. The van der Waals surface area contributed by atoms with Crippen molar-refractivity contribution in [3.8, 4) is 0 Å². The molecule has 6 heteroatoms. The van der Waals surface area contributed by atoms with E-state index in [0.29, 0.717) is 32.4 Å². The summed E-state index contributed by atoms with van der Waals surface area (Å²) >= 11 is 0. The Labute approximate surface area is 104 Å². The number of halogens is 3. The number of rotatable bonds is 1. The molecule has 0 spiro atoms. The standard InChI is InChI=1S/C12H18F3NO2/c13-12(14,15)10-6-2-1-5-9(10)11(17)16-7-3-4-8-18-16/h9-10H,1-8H2. The predicted octanol–water partition coefficient (Wildman–Crippen LogP) is 2.91. The van der Waals surface area contributed by atoms with Gasteiger partial charge in [0.15, 0.2) is 0 Å². The summed E-state index contributed by atoms with van der Waals surface area (Å²) in [7, 11) is 0. The maximum Gasteiger partial charge on any atom is 0.392 e. The molecule has 18 heavy (non-hydrogen) atoms. The normalized spacial score (nSPS) is 30.3. The lowest BCUT2D eigenvalue weighted by Gasteiger charge is -2.36. The summed E-state index contributed by atoms with van der Waals surface area (Å²) in [4.78, 5) is 17.3. The molecule has 1 aliphatic carbocycles. The number of hydrogen-bond donors (Lipinski definition) is 0. The Hall–Kier alpha value is -0.780. The SMILES string of the molecule is O=C(C1CCCCC1C(F)(F)F)N1CCCCO1. The molecule has 0 aromatic carbocycles. The zero-order chi connectivity index (χ0) is 13.2. The van der Waals surface area contributed by atoms with Gasteiger partial charge in [-0.3, -0.25) is 9.63 Å². The van der Waals surface area contributed by atoms with Crippen LogP contribution in [0.25, 0.3) is 0 Å². The van der Waals surface area contributed by atoms with E-state index in [9.17, 15) is 18.0 Å². The third kappa shape index (κ3) is 2.96. The number of nitrogens with zero attached hydrogens (tertiary/aromatic N) is 1. The van der Waals surface area contributed by atoms with Crippen molar-refractivity contribution in [2.24, 2.45) is 11.8 Å². The highest BCUT2D eigenvalue weighted by Crippen LogP contribution is 2.42. The molecule has 2 rings (SSSR count). The van der Waals surface area contributed by atoms with Crippen molar-refractivity contribution in [2.75, 3.05) is 13.2 Å². The second-order valence-electron chi connectivity index (χ2n) is 5.02. The molecule has 1 saturated heterocycles. The Morgan fingerprint density at radius 3 is 2.44 bits per heavy atom. The van der Waals surface area contributed by atoms with E-state index in [0.717, 1.165) is 17.9 Å². The van der Waals surface area contributed by atoms with Crippen LogP contribution in [0.3, 0.4) is 0 Å². The monoisotopic (exact) mass is 265 g/mol. The average Bonchev–Trinajstić information content (AvgIpc) is 2.38. The fourth-order valence-electron chi connectivity index (χ4n) is 2.77. The second kappa shape index (κ2) is 5.47. The quantitative estimate of drug-likeness (QED) is 0.729. The van der Waals surface area contributed by atoms with Crippen molar-refractivity contribution >= 4 is 5.91 Å². The van der Waals surface area contributed by atoms with E-state index >= 15 is 0 Å². The largest absolute Gasteiger partial charge is 0.392 e. The van der Waals surface area contributed by atoms with Crippen LogP contribution in [0.4, 0.5) is 13.2 Å². The van der Waals surface area contributed by atoms with Crippen LogP contribution in [0.1, 0.15) is 38.5 Å². The van der Waals surface area contributed by atoms with Crippen molar-refractivity contribution in [2.45, 2.75) is 44.7 Å². The van der Waals surface area contributed by atoms with Gasteiger partial charge in [-0.1, -0.05) is 12.8 Å². The molecule has 1 heterocycles. The van der Waals surface area contributed by atoms with Crippen molar-refractivity contribution in [3.05, 3.63) is 0 Å². The van der Waals surface area contributed by atoms with Gasteiger partial charge in [0.1, 0.15) is 0 Å². The van der Waals surface area contributed by atoms with Gasteiger partial charge in [0.25, 0.3) is 0 Å². The number of carbonyl (C=O) groups is 1. The van der Waals surface area contributed by atoms with Gasteiger partial charge in [-0.05, 0) is 25.7 Å². The van der Waals surface area contributed by atoms with E-state index in [2.05, 4.69) is 0 Å². The molecular weight excluding hydrogens is 247 g/mol. The molecule has 0 bridgehead atoms. The summed E-state index contributed by atoms with van der Waals surface area (Å²) in [5.41, 5.74) is 0. The van der Waals surface area contributed by atoms with Crippen molar-refractivity contribution in [3.63, 3.8) is 0 Å². The van der Waals surface area contributed by atoms with Gasteiger partial charge < -0.3 is 0 Å². The van der Waals surface area contributed by atoms with Gasteiger partial charge in [0.2, 0.25) is 5.91 Å². The number of alkyl halides is 3. The van der Waals surface area contributed by atoms with Gasteiger partial charge in [0.05, 0.1) is 18.4 Å². The molecular formula is C12H18F3NO2. The summed E-state index contributed by atoms with van der Waals surface area (Å²) in [6.07, 6.45) is -0.995. The summed E-state index contributed by atoms with van der Waals surface area (Å²) in [6.45, 7) is 0.842. The summed E-state index contributed by atoms with van der Waals surface area (Å²) in [6, 6.07) is 0. The Morgan fingerprint density at radius 1 is 1.11 bits per heavy atom. The van der Waals surface area contributed by atoms with Crippen LogP contribution >= 0.6 is 0 Å². The highest BCUT2D eigenvalue weighted by molar-refractivity contribution is 5.78. The molecule has 0 radical (unpaired) electrons. The molecule has 0 aromatic heterocycles. The summed E-state index contributed by atoms with van der Waals surface area (Å²) in [5.74, 6) is -2.92. The molecule has 1 amide bonds. The second-order valence-corrected chi connectivity index (χ2v) is 5.02. The molecule has 104 valence electrons. The van der Waals surface area contributed by atoms with Crippen molar-refractivity contribution < 1.29 is 22.8 Å². The smallest absolute Gasteiger partial charge is 0.272 e. The first kappa shape index (κ1) is 13.6. The molecule has 2 aliphatic rings. The maximum absolute atomic E-state index is 12.9. The minimum absolute atomic E-state index is 0.0632. The lowest BCUT2D eigenvalue weighted by atomic mass is 9.78. The molecule has 2 unspecified atom stereocenters. The Balaban J connectivity index is 2.05. The minimum Gasteiger partial charge on any atom is -0.272 e. The first-order chi connectivity index (χ1) is 8.50. The lowest BCUT2D eigenvalue weighted by Crippen LogP contribution is -2.46. The highest BCUT2D eigenvalue weighted by Gasteiger charge is 2.49. The Bertz CT molecular complexity index is 300. The van der Waals surface area contributed by atoms with E-state index in [4.69, 9.17) is 4.84 Å². The number of hydroxylamine groups is 2. The molecule has 2 atom stereocenters. The van der Waals surface area contributed by atoms with Crippen LogP contribution in [0.15, 0.2) is 0 Å². The third-order valence-corrected chi connectivity index (χ3v) is 3.75. The number of carbonyl (C=O) groups excluding carboxylic acids is 1. The van der Waals surface area contributed by atoms with Gasteiger partial charge in [-0.25, -0.2) is 5.06 Å². The van der Waals surface area contributed by atoms with Crippen LogP contribution in [-0.2, 0) is 9.63 Å². The van der Waals surface area contributed by atoms with Crippen molar-refractivity contribution in [1.29, 1.82) is 0 Å². The predicted molar refractivity (Wildman–Crippen MR) is 58.4 cm³/mol. The zero-order valence-corrected chi connectivity index (χ0v) is 10.2. The zero-order valence-electron chi connectivity index (χ0n) is 10.2. The number of amides is 1. The van der Waals surface area contributed by atoms with Gasteiger partial charge >= 0.3 is 6.18 Å². The molecule has 0 N–H and O–H groups in total. The molecule has 1 saturated carbocycles. The van der Waals surface area contributed by atoms with Crippen LogP contribution in [0.5, 0.6) is 0 Å². The first-order valence-corrected chi connectivity index (χ1v) is 6.51. The van der Waals surface area contributed by atoms with Gasteiger partial charge in [0, 0.05) is 6.54 Å². The van der Waals surface area contributed by atoms with Gasteiger partial charge in [-0.2, -0.15) is 13.2 Å². The minimum atomic E-state index is -4.28. The van der Waals surface area contributed by atoms with E-state index in [-0.39, 0.29) is 6.42 Å². The van der Waals surface area contributed by atoms with E-state index < -0.39 is 23.9 Å². The third-order valence-electron chi connectivity index (χ3n) is 3.75. The van der Waals surface area contributed by atoms with Crippen LogP contribution in [-0.4, -0.2) is 30.3 Å². The molecule has 3 nitrogen and oxygen atoms in total. The van der Waals surface area contributed by atoms with Gasteiger partial charge in [-0.15, -0.1) is 0 Å². The topological polar surface area (TPSA) is 29.5 Å². The van der Waals surface area contributed by atoms with Crippen molar-refractivity contribution in [1.82, 2.24) is 5.06 Å². The number of hydrogen-bond acceptors (Lipinski definition) is 2. The maximum atomic E-state index is 12.9. The summed E-state index contributed by atoms with van der Waals surface area (Å²) in [5, 5.41) is 1.15. The highest BCUT2D eigenvalue weighted by atomic mass is 19.4. The fourth-order valence-corrected chi connectivity index (χ4v) is 2.77. The lowest BCUT2D eigenvalue weighted by molar-refractivity contribution is -0.224. The summed E-state index contributed by atoms with van der Waals surface area (Å²) < 4.78 is 38.7. The first-order valence-electron chi connectivity index (χ1n) is 6.51. The fraction of sp³-hybridized carbons (Fsp3) is 0.917. The van der Waals surface area contributed by atoms with E-state index in [1.807, 2.05) is 0 Å². The van der Waals surface area contributed by atoms with Crippen LogP contribution in [0.2, 0.25) is 0 Å². The van der Waals surface area contributed by atoms with E-state index in [1.54, 1.807) is 0 Å². The Morgan fingerprint density at radius 2 is 1.83 bits per heavy atom. The molecule has 1 aliphatic heterocycles. The average molecular weight is 265 g/mol. The van der Waals surface area contributed by atoms with E-state index in [1.165, 1.54) is 0 Å². The van der Waals surface area contributed by atoms with Crippen LogP contribution < -0.4 is 0 Å². The molecule has 2 fully saturated rings.